The number of hydrogen-bond acceptors (Lipinski definition) is 6. The summed E-state index contributed by atoms with van der Waals surface area (Å²) in [5, 5.41) is 15.6. The van der Waals surface area contributed by atoms with Crippen molar-refractivity contribution in [1.82, 2.24) is 25.3 Å². The van der Waals surface area contributed by atoms with E-state index in [0.717, 1.165) is 46.8 Å². The number of carbonyl (C=O) groups is 1. The minimum absolute atomic E-state index is 0. The first-order chi connectivity index (χ1) is 12.9. The highest BCUT2D eigenvalue weighted by Crippen LogP contribution is 2.32. The number of amides is 1. The fourth-order valence-electron chi connectivity index (χ4n) is 3.15. The van der Waals surface area contributed by atoms with Gasteiger partial charge in [0.25, 0.3) is 5.91 Å². The summed E-state index contributed by atoms with van der Waals surface area (Å²) in [7, 11) is 0. The van der Waals surface area contributed by atoms with Gasteiger partial charge in [0.15, 0.2) is 5.69 Å². The number of hydrogen-bond donors (Lipinski definition) is 2. The van der Waals surface area contributed by atoms with Crippen molar-refractivity contribution in [3.05, 3.63) is 35.1 Å². The van der Waals surface area contributed by atoms with E-state index in [-0.39, 0.29) is 23.7 Å². The molecule has 3 aromatic rings. The molecule has 9 heteroatoms. The fourth-order valence-corrected chi connectivity index (χ4v) is 4.21. The van der Waals surface area contributed by atoms with E-state index in [1.807, 2.05) is 22.9 Å². The van der Waals surface area contributed by atoms with Crippen LogP contribution in [-0.2, 0) is 5.41 Å². The summed E-state index contributed by atoms with van der Waals surface area (Å²) >= 11 is 1.66. The first kappa shape index (κ1) is 20.7. The number of nitrogens with zero attached hydrogens (tertiary/aromatic N) is 4. The zero-order chi connectivity index (χ0) is 19.0. The Balaban J connectivity index is 0.00000225. The maximum Gasteiger partial charge on any atom is 0.277 e. The Kier molecular flexibility index (Phi) is 6.02. The van der Waals surface area contributed by atoms with Crippen LogP contribution in [0.25, 0.3) is 10.2 Å². The van der Waals surface area contributed by atoms with Gasteiger partial charge in [-0.15, -0.1) is 28.8 Å². The molecule has 2 N–H and O–H groups in total. The summed E-state index contributed by atoms with van der Waals surface area (Å²) in [5.74, 6) is -0.241. The third-order valence-corrected chi connectivity index (χ3v) is 6.16. The zero-order valence-corrected chi connectivity index (χ0v) is 17.9. The monoisotopic (exact) mass is 420 g/mol. The van der Waals surface area contributed by atoms with Crippen molar-refractivity contribution in [2.24, 2.45) is 0 Å². The molecule has 0 unspecified atom stereocenters. The van der Waals surface area contributed by atoms with Gasteiger partial charge < -0.3 is 10.6 Å². The molecule has 1 aliphatic rings. The zero-order valence-electron chi connectivity index (χ0n) is 16.2. The normalized spacial score (nSPS) is 15.4. The van der Waals surface area contributed by atoms with Crippen LogP contribution < -0.4 is 10.6 Å². The molecule has 4 rings (SSSR count). The lowest BCUT2D eigenvalue weighted by molar-refractivity contribution is 0.102. The number of halogens is 1. The van der Waals surface area contributed by atoms with E-state index in [1.165, 1.54) is 0 Å². The first-order valence-corrected chi connectivity index (χ1v) is 10.1. The molecular formula is C19H25ClN6OS. The molecule has 1 fully saturated rings. The highest BCUT2D eigenvalue weighted by Gasteiger charge is 2.20. The van der Waals surface area contributed by atoms with Gasteiger partial charge in [-0.05, 0) is 44.1 Å². The highest BCUT2D eigenvalue weighted by atomic mass is 35.5. The lowest BCUT2D eigenvalue weighted by Gasteiger charge is -2.22. The summed E-state index contributed by atoms with van der Waals surface area (Å²) in [6.07, 6.45) is 3.75. The van der Waals surface area contributed by atoms with Gasteiger partial charge in [0, 0.05) is 11.1 Å². The van der Waals surface area contributed by atoms with Crippen LogP contribution in [0.1, 0.15) is 55.2 Å². The minimum atomic E-state index is -0.241. The van der Waals surface area contributed by atoms with Gasteiger partial charge in [-0.3, -0.25) is 4.79 Å². The second-order valence-electron chi connectivity index (χ2n) is 7.97. The standard InChI is InChI=1S/C19H24N6OS.ClH/c1-19(2,3)18-22-14-5-4-12(10-16(14)27-18)21-17(26)15-11-25(24-23-15)13-6-8-20-9-7-13;/h4-5,10-11,13,20H,6-9H2,1-3H3,(H,21,26);1H. The lowest BCUT2D eigenvalue weighted by Crippen LogP contribution is -2.29. The Bertz CT molecular complexity index is 970. The Labute approximate surface area is 174 Å². The largest absolute Gasteiger partial charge is 0.320 e. The van der Waals surface area contributed by atoms with Crippen molar-refractivity contribution < 1.29 is 4.79 Å². The molecule has 0 radical (unpaired) electrons. The van der Waals surface area contributed by atoms with Crippen molar-refractivity contribution in [2.75, 3.05) is 18.4 Å². The van der Waals surface area contributed by atoms with Gasteiger partial charge in [-0.25, -0.2) is 9.67 Å². The van der Waals surface area contributed by atoms with E-state index in [4.69, 9.17) is 4.98 Å². The third kappa shape index (κ3) is 4.34. The van der Waals surface area contributed by atoms with Crippen molar-refractivity contribution in [3.8, 4) is 0 Å². The second kappa shape index (κ2) is 8.14. The summed E-state index contributed by atoms with van der Waals surface area (Å²) < 4.78 is 2.88. The third-order valence-electron chi connectivity index (χ3n) is 4.71. The molecule has 150 valence electrons. The molecule has 0 atom stereocenters. The molecule has 0 spiro atoms. The van der Waals surface area contributed by atoms with Crippen LogP contribution in [0.2, 0.25) is 0 Å². The van der Waals surface area contributed by atoms with E-state index >= 15 is 0 Å². The average Bonchev–Trinajstić information content (AvgIpc) is 3.29. The van der Waals surface area contributed by atoms with E-state index < -0.39 is 0 Å². The van der Waals surface area contributed by atoms with Crippen molar-refractivity contribution in [1.29, 1.82) is 0 Å². The molecule has 1 aromatic carbocycles. The number of benzene rings is 1. The molecule has 3 heterocycles. The summed E-state index contributed by atoms with van der Waals surface area (Å²) in [4.78, 5) is 17.3. The van der Waals surface area contributed by atoms with Crippen LogP contribution in [0.5, 0.6) is 0 Å². The number of piperidine rings is 1. The summed E-state index contributed by atoms with van der Waals surface area (Å²) in [6, 6.07) is 6.11. The number of carbonyl (C=O) groups excluding carboxylic acids is 1. The number of fused-ring (bicyclic) bond motifs is 1. The molecule has 1 amide bonds. The van der Waals surface area contributed by atoms with Crippen molar-refractivity contribution in [2.45, 2.75) is 45.1 Å². The second-order valence-corrected chi connectivity index (χ2v) is 9.00. The molecule has 28 heavy (non-hydrogen) atoms. The number of rotatable bonds is 3. The topological polar surface area (TPSA) is 84.7 Å². The minimum Gasteiger partial charge on any atom is -0.320 e. The van der Waals surface area contributed by atoms with E-state index in [2.05, 4.69) is 41.7 Å². The smallest absolute Gasteiger partial charge is 0.277 e. The Hall–Kier alpha value is -2.03. The van der Waals surface area contributed by atoms with Crippen molar-refractivity contribution >= 4 is 45.6 Å². The van der Waals surface area contributed by atoms with E-state index in [9.17, 15) is 4.79 Å². The first-order valence-electron chi connectivity index (χ1n) is 9.25. The molecule has 1 saturated heterocycles. The maximum atomic E-state index is 12.6. The molecule has 0 saturated carbocycles. The van der Waals surface area contributed by atoms with Crippen LogP contribution in [0, 0.1) is 0 Å². The Morgan fingerprint density at radius 2 is 2.04 bits per heavy atom. The van der Waals surface area contributed by atoms with Crippen LogP contribution in [0.3, 0.4) is 0 Å². The number of nitrogens with one attached hydrogen (secondary N) is 2. The van der Waals surface area contributed by atoms with Crippen LogP contribution >= 0.6 is 23.7 Å². The van der Waals surface area contributed by atoms with Gasteiger partial charge in [0.1, 0.15) is 0 Å². The van der Waals surface area contributed by atoms with Gasteiger partial charge in [-0.2, -0.15) is 0 Å². The predicted molar refractivity (Wildman–Crippen MR) is 115 cm³/mol. The van der Waals surface area contributed by atoms with Gasteiger partial charge in [-0.1, -0.05) is 26.0 Å². The van der Waals surface area contributed by atoms with Crippen LogP contribution in [-0.4, -0.2) is 39.0 Å². The van der Waals surface area contributed by atoms with Crippen LogP contribution in [0.15, 0.2) is 24.4 Å². The quantitative estimate of drug-likeness (QED) is 0.673. The molecule has 1 aliphatic heterocycles. The SMILES string of the molecule is CC(C)(C)c1nc2ccc(NC(=O)c3cn(C4CCNCC4)nn3)cc2s1.Cl. The van der Waals surface area contributed by atoms with E-state index in [0.29, 0.717) is 11.7 Å². The molecule has 2 aromatic heterocycles. The molecule has 0 bridgehead atoms. The molecule has 0 aliphatic carbocycles. The Morgan fingerprint density at radius 3 is 2.75 bits per heavy atom. The highest BCUT2D eigenvalue weighted by molar-refractivity contribution is 7.18. The Morgan fingerprint density at radius 1 is 1.29 bits per heavy atom. The van der Waals surface area contributed by atoms with Crippen LogP contribution in [0.4, 0.5) is 5.69 Å². The van der Waals surface area contributed by atoms with Gasteiger partial charge in [0.05, 0.1) is 27.5 Å². The fraction of sp³-hybridized carbons (Fsp3) is 0.474. The van der Waals surface area contributed by atoms with Gasteiger partial charge >= 0.3 is 0 Å². The summed E-state index contributed by atoms with van der Waals surface area (Å²) in [6.45, 7) is 8.40. The predicted octanol–water partition coefficient (Wildman–Crippen LogP) is 3.78. The average molecular weight is 421 g/mol. The number of thiazole rings is 1. The van der Waals surface area contributed by atoms with E-state index in [1.54, 1.807) is 17.5 Å². The van der Waals surface area contributed by atoms with Gasteiger partial charge in [0.2, 0.25) is 0 Å². The molecule has 7 nitrogen and oxygen atoms in total. The number of aromatic nitrogens is 4. The maximum absolute atomic E-state index is 12.6. The molecular weight excluding hydrogens is 396 g/mol. The van der Waals surface area contributed by atoms with Crippen molar-refractivity contribution in [3.63, 3.8) is 0 Å². The number of anilines is 1. The lowest BCUT2D eigenvalue weighted by atomic mass is 9.98. The summed E-state index contributed by atoms with van der Waals surface area (Å²) in [5.41, 5.74) is 2.06.